The first kappa shape index (κ1) is 22.7. The molecule has 9 nitrogen and oxygen atoms in total. The van der Waals surface area contributed by atoms with Crippen LogP contribution in [0.3, 0.4) is 0 Å². The molecule has 2 atom stereocenters. The quantitative estimate of drug-likeness (QED) is 0.354. The molecule has 0 spiro atoms. The number of anilines is 1. The summed E-state index contributed by atoms with van der Waals surface area (Å²) in [7, 11) is 1.63. The van der Waals surface area contributed by atoms with Gasteiger partial charge in [-0.15, -0.1) is 0 Å². The average Bonchev–Trinajstić information content (AvgIpc) is 3.19. The molecule has 1 aliphatic carbocycles. The maximum absolute atomic E-state index is 12.5. The molecule has 176 valence electrons. The molecule has 3 aromatic heterocycles. The zero-order chi connectivity index (χ0) is 23.5. The molecule has 1 amide bonds. The minimum atomic E-state index is -0.0160. The molecule has 1 saturated carbocycles. The molecule has 0 unspecified atom stereocenters. The Balaban J connectivity index is 1.37. The lowest BCUT2D eigenvalue weighted by atomic mass is 9.85. The Morgan fingerprint density at radius 2 is 2.18 bits per heavy atom. The van der Waals surface area contributed by atoms with Crippen LogP contribution in [-0.4, -0.2) is 56.9 Å². The Bertz CT molecular complexity index is 1330. The summed E-state index contributed by atoms with van der Waals surface area (Å²) < 4.78 is 7.52. The van der Waals surface area contributed by atoms with Crippen molar-refractivity contribution in [1.82, 2.24) is 30.0 Å². The van der Waals surface area contributed by atoms with Crippen molar-refractivity contribution in [3.05, 3.63) is 47.3 Å². The highest BCUT2D eigenvalue weighted by Crippen LogP contribution is 2.29. The van der Waals surface area contributed by atoms with Gasteiger partial charge in [-0.25, -0.2) is 9.67 Å². The van der Waals surface area contributed by atoms with Crippen LogP contribution in [0.4, 0.5) is 5.95 Å². The van der Waals surface area contributed by atoms with Crippen molar-refractivity contribution in [1.29, 1.82) is 0 Å². The second-order valence-electron chi connectivity index (χ2n) is 8.50. The van der Waals surface area contributed by atoms with Gasteiger partial charge in [-0.2, -0.15) is 10.1 Å². The van der Waals surface area contributed by atoms with E-state index in [1.54, 1.807) is 19.5 Å². The van der Waals surface area contributed by atoms with Crippen molar-refractivity contribution in [2.24, 2.45) is 5.92 Å². The predicted octanol–water partition coefficient (Wildman–Crippen LogP) is 3.86. The van der Waals surface area contributed by atoms with Crippen LogP contribution in [0.2, 0.25) is 0 Å². The third kappa shape index (κ3) is 4.74. The van der Waals surface area contributed by atoms with E-state index in [0.717, 1.165) is 47.7 Å². The van der Waals surface area contributed by atoms with Gasteiger partial charge in [0.1, 0.15) is 4.60 Å². The van der Waals surface area contributed by atoms with Gasteiger partial charge >= 0.3 is 0 Å². The summed E-state index contributed by atoms with van der Waals surface area (Å²) >= 11 is 3.54. The molecule has 2 N–H and O–H groups in total. The molecule has 34 heavy (non-hydrogen) atoms. The zero-order valence-corrected chi connectivity index (χ0v) is 20.5. The Morgan fingerprint density at radius 1 is 1.26 bits per heavy atom. The summed E-state index contributed by atoms with van der Waals surface area (Å²) in [6.45, 7) is 1.05. The normalized spacial score (nSPS) is 18.3. The Morgan fingerprint density at radius 3 is 3.06 bits per heavy atom. The number of nitrogens with zero attached hydrogens (tertiary/aromatic N) is 5. The van der Waals surface area contributed by atoms with E-state index in [-0.39, 0.29) is 17.9 Å². The number of nitrogens with one attached hydrogen (secondary N) is 2. The molecule has 0 radical (unpaired) electrons. The average molecular weight is 524 g/mol. The molecule has 1 fully saturated rings. The van der Waals surface area contributed by atoms with Gasteiger partial charge in [-0.05, 0) is 59.5 Å². The highest BCUT2D eigenvalue weighted by molar-refractivity contribution is 9.10. The summed E-state index contributed by atoms with van der Waals surface area (Å²) in [5.74, 6) is 0.611. The van der Waals surface area contributed by atoms with Crippen LogP contribution in [-0.2, 0) is 9.53 Å². The molecule has 0 aliphatic heterocycles. The molecule has 5 rings (SSSR count). The summed E-state index contributed by atoms with van der Waals surface area (Å²) in [5, 5.41) is 12.9. The van der Waals surface area contributed by atoms with Gasteiger partial charge in [-0.3, -0.25) is 9.78 Å². The van der Waals surface area contributed by atoms with Crippen LogP contribution in [0.1, 0.15) is 25.7 Å². The van der Waals surface area contributed by atoms with E-state index >= 15 is 0 Å². The lowest BCUT2D eigenvalue weighted by molar-refractivity contribution is -0.126. The molecule has 0 bridgehead atoms. The Kier molecular flexibility index (Phi) is 6.68. The predicted molar refractivity (Wildman–Crippen MR) is 134 cm³/mol. The molecule has 4 aromatic rings. The zero-order valence-electron chi connectivity index (χ0n) is 18.9. The fourth-order valence-electron chi connectivity index (χ4n) is 4.48. The number of hydrogen-bond donors (Lipinski definition) is 2. The van der Waals surface area contributed by atoms with Crippen molar-refractivity contribution in [3.8, 4) is 5.69 Å². The van der Waals surface area contributed by atoms with Crippen LogP contribution >= 0.6 is 15.9 Å². The van der Waals surface area contributed by atoms with Gasteiger partial charge in [0.25, 0.3) is 0 Å². The van der Waals surface area contributed by atoms with Gasteiger partial charge < -0.3 is 15.4 Å². The van der Waals surface area contributed by atoms with Crippen LogP contribution < -0.4 is 10.6 Å². The first-order chi connectivity index (χ1) is 16.6. The first-order valence-corrected chi connectivity index (χ1v) is 12.2. The third-order valence-electron chi connectivity index (χ3n) is 6.19. The van der Waals surface area contributed by atoms with E-state index in [2.05, 4.69) is 41.6 Å². The number of halogens is 1. The number of hydrogen-bond acceptors (Lipinski definition) is 7. The van der Waals surface area contributed by atoms with Crippen molar-refractivity contribution in [2.75, 3.05) is 25.6 Å². The molecule has 10 heteroatoms. The number of rotatable bonds is 7. The van der Waals surface area contributed by atoms with Crippen molar-refractivity contribution in [3.63, 3.8) is 0 Å². The van der Waals surface area contributed by atoms with Gasteiger partial charge in [0, 0.05) is 43.4 Å². The smallest absolute Gasteiger partial charge is 0.224 e. The van der Waals surface area contributed by atoms with E-state index in [9.17, 15) is 4.79 Å². The molecule has 0 saturated heterocycles. The number of aromatic nitrogens is 5. The fraction of sp³-hybridized carbons (Fsp3) is 0.375. The maximum Gasteiger partial charge on any atom is 0.224 e. The van der Waals surface area contributed by atoms with E-state index in [1.165, 1.54) is 0 Å². The largest absolute Gasteiger partial charge is 0.383 e. The topological polar surface area (TPSA) is 107 Å². The number of methoxy groups -OCH3 is 1. The first-order valence-electron chi connectivity index (χ1n) is 11.4. The number of ether oxygens (including phenoxy) is 1. The van der Waals surface area contributed by atoms with Crippen molar-refractivity contribution in [2.45, 2.75) is 31.7 Å². The second-order valence-corrected chi connectivity index (χ2v) is 9.25. The standard InChI is InChI=1S/C24H26BrN7O2/c1-34-11-10-27-23(33)16-4-2-6-17(12-16)29-24-28-14-19-21(25)31-32(22(19)30-24)18-7-8-20-15(13-18)5-3-9-26-20/h3,5,7-9,13-14,16-17H,2,4,6,10-12H2,1H3,(H,27,33)(H,28,29,30)/t16-,17-/m1/s1. The maximum atomic E-state index is 12.5. The second kappa shape index (κ2) is 10.0. The van der Waals surface area contributed by atoms with Crippen molar-refractivity contribution < 1.29 is 9.53 Å². The van der Waals surface area contributed by atoms with Gasteiger partial charge in [-0.1, -0.05) is 12.5 Å². The number of amides is 1. The number of carbonyl (C=O) groups excluding carboxylic acids is 1. The van der Waals surface area contributed by atoms with E-state index in [0.29, 0.717) is 29.4 Å². The number of pyridine rings is 1. The van der Waals surface area contributed by atoms with Gasteiger partial charge in [0.15, 0.2) is 5.65 Å². The summed E-state index contributed by atoms with van der Waals surface area (Å²) in [4.78, 5) is 26.2. The van der Waals surface area contributed by atoms with E-state index in [4.69, 9.17) is 9.72 Å². The lowest BCUT2D eigenvalue weighted by Crippen LogP contribution is -2.38. The molecule has 1 aliphatic rings. The van der Waals surface area contributed by atoms with E-state index < -0.39 is 0 Å². The van der Waals surface area contributed by atoms with Crippen LogP contribution in [0.15, 0.2) is 47.3 Å². The lowest BCUT2D eigenvalue weighted by Gasteiger charge is -2.29. The minimum absolute atomic E-state index is 0.0160. The highest BCUT2D eigenvalue weighted by Gasteiger charge is 2.27. The number of fused-ring (bicyclic) bond motifs is 2. The van der Waals surface area contributed by atoms with Crippen LogP contribution in [0, 0.1) is 5.92 Å². The summed E-state index contributed by atoms with van der Waals surface area (Å²) in [6, 6.07) is 10.1. The minimum Gasteiger partial charge on any atom is -0.383 e. The Labute approximate surface area is 205 Å². The molecule has 3 heterocycles. The van der Waals surface area contributed by atoms with E-state index in [1.807, 2.05) is 35.0 Å². The number of carbonyl (C=O) groups is 1. The summed E-state index contributed by atoms with van der Waals surface area (Å²) in [5.41, 5.74) is 2.53. The summed E-state index contributed by atoms with van der Waals surface area (Å²) in [6.07, 6.45) is 7.17. The fourth-order valence-corrected chi connectivity index (χ4v) is 4.91. The van der Waals surface area contributed by atoms with Gasteiger partial charge in [0.05, 0.1) is 23.2 Å². The van der Waals surface area contributed by atoms with Crippen LogP contribution in [0.25, 0.3) is 27.6 Å². The SMILES string of the molecule is COCCNC(=O)[C@@H]1CCC[C@@H](Nc2ncc3c(Br)nn(-c4ccc5ncccc5c4)c3n2)C1. The third-order valence-corrected chi connectivity index (χ3v) is 6.78. The number of benzene rings is 1. The molecular weight excluding hydrogens is 498 g/mol. The monoisotopic (exact) mass is 523 g/mol. The molecular formula is C24H26BrN7O2. The van der Waals surface area contributed by atoms with Crippen LogP contribution in [0.5, 0.6) is 0 Å². The highest BCUT2D eigenvalue weighted by atomic mass is 79.9. The Hall–Kier alpha value is -3.11. The van der Waals surface area contributed by atoms with Gasteiger partial charge in [0.2, 0.25) is 11.9 Å². The molecule has 1 aromatic carbocycles. The van der Waals surface area contributed by atoms with Crippen molar-refractivity contribution >= 4 is 49.7 Å².